The predicted octanol–water partition coefficient (Wildman–Crippen LogP) is 2.59. The zero-order valence-corrected chi connectivity index (χ0v) is 8.73. The number of aryl methyl sites for hydroxylation is 1. The quantitative estimate of drug-likeness (QED) is 0.828. The van der Waals surface area contributed by atoms with Gasteiger partial charge in [0.2, 0.25) is 0 Å². The van der Waals surface area contributed by atoms with Gasteiger partial charge in [0.05, 0.1) is 11.2 Å². The van der Waals surface area contributed by atoms with Crippen LogP contribution in [0.15, 0.2) is 23.0 Å². The van der Waals surface area contributed by atoms with E-state index in [0.29, 0.717) is 0 Å². The first-order chi connectivity index (χ1) is 6.27. The lowest BCUT2D eigenvalue weighted by atomic mass is 10.2. The summed E-state index contributed by atoms with van der Waals surface area (Å²) in [5.41, 5.74) is 2.48. The maximum Gasteiger partial charge on any atom is 0.131 e. The number of nitrogens with zero attached hydrogens (tertiary/aromatic N) is 1. The van der Waals surface area contributed by atoms with Crippen molar-refractivity contribution in [3.63, 3.8) is 0 Å². The SMILES string of the molecule is Cc1ccc(C(O)c2cscn2)s1. The highest BCUT2D eigenvalue weighted by Gasteiger charge is 2.13. The lowest BCUT2D eigenvalue weighted by molar-refractivity contribution is 0.220. The fourth-order valence-corrected chi connectivity index (χ4v) is 2.55. The highest BCUT2D eigenvalue weighted by atomic mass is 32.1. The molecule has 1 N–H and O–H groups in total. The number of aliphatic hydroxyl groups is 1. The van der Waals surface area contributed by atoms with E-state index in [4.69, 9.17) is 0 Å². The highest BCUT2D eigenvalue weighted by molar-refractivity contribution is 7.12. The molecule has 0 bridgehead atoms. The van der Waals surface area contributed by atoms with Crippen LogP contribution in [0.3, 0.4) is 0 Å². The second kappa shape index (κ2) is 3.57. The van der Waals surface area contributed by atoms with E-state index in [1.807, 2.05) is 24.4 Å². The van der Waals surface area contributed by atoms with E-state index in [-0.39, 0.29) is 0 Å². The topological polar surface area (TPSA) is 33.1 Å². The molecule has 0 aliphatic heterocycles. The zero-order chi connectivity index (χ0) is 9.26. The lowest BCUT2D eigenvalue weighted by Gasteiger charge is -2.03. The third kappa shape index (κ3) is 1.80. The van der Waals surface area contributed by atoms with E-state index in [0.717, 1.165) is 10.6 Å². The Balaban J connectivity index is 2.28. The van der Waals surface area contributed by atoms with Crippen molar-refractivity contribution in [1.82, 2.24) is 4.98 Å². The van der Waals surface area contributed by atoms with Crippen LogP contribution in [0.1, 0.15) is 21.6 Å². The van der Waals surface area contributed by atoms with Crippen molar-refractivity contribution in [2.75, 3.05) is 0 Å². The van der Waals surface area contributed by atoms with Crippen LogP contribution in [0.5, 0.6) is 0 Å². The van der Waals surface area contributed by atoms with E-state index in [2.05, 4.69) is 4.98 Å². The van der Waals surface area contributed by atoms with Crippen molar-refractivity contribution in [3.05, 3.63) is 38.5 Å². The Bertz CT molecular complexity index is 380. The normalized spacial score (nSPS) is 13.1. The number of hydrogen-bond acceptors (Lipinski definition) is 4. The number of thiophene rings is 1. The Morgan fingerprint density at radius 1 is 1.46 bits per heavy atom. The fourth-order valence-electron chi connectivity index (χ4n) is 1.10. The molecular formula is C9H9NOS2. The molecule has 68 valence electrons. The molecule has 1 unspecified atom stereocenters. The standard InChI is InChI=1S/C9H9NOS2/c1-6-2-3-8(13-6)9(11)7-4-12-5-10-7/h2-5,9,11H,1H3. The van der Waals surface area contributed by atoms with E-state index in [1.54, 1.807) is 16.8 Å². The van der Waals surface area contributed by atoms with Gasteiger partial charge in [-0.1, -0.05) is 0 Å². The van der Waals surface area contributed by atoms with Crippen molar-refractivity contribution < 1.29 is 5.11 Å². The minimum Gasteiger partial charge on any atom is -0.381 e. The smallest absolute Gasteiger partial charge is 0.131 e. The molecule has 2 rings (SSSR count). The van der Waals surface area contributed by atoms with Gasteiger partial charge in [-0.15, -0.1) is 22.7 Å². The van der Waals surface area contributed by atoms with Crippen molar-refractivity contribution in [1.29, 1.82) is 0 Å². The summed E-state index contributed by atoms with van der Waals surface area (Å²) in [6.07, 6.45) is -0.551. The molecule has 1 atom stereocenters. The molecule has 13 heavy (non-hydrogen) atoms. The van der Waals surface area contributed by atoms with Gasteiger partial charge in [0.15, 0.2) is 0 Å². The summed E-state index contributed by atoms with van der Waals surface area (Å²) in [4.78, 5) is 6.25. The molecule has 0 saturated carbocycles. The molecule has 0 aromatic carbocycles. The average molecular weight is 211 g/mol. The van der Waals surface area contributed by atoms with Gasteiger partial charge in [-0.05, 0) is 19.1 Å². The molecule has 0 spiro atoms. The molecule has 0 radical (unpaired) electrons. The molecule has 0 aliphatic carbocycles. The molecule has 4 heteroatoms. The second-order valence-electron chi connectivity index (χ2n) is 2.76. The number of aromatic nitrogens is 1. The molecule has 0 fully saturated rings. The van der Waals surface area contributed by atoms with Gasteiger partial charge >= 0.3 is 0 Å². The van der Waals surface area contributed by atoms with Gasteiger partial charge in [0, 0.05) is 15.1 Å². The summed E-state index contributed by atoms with van der Waals surface area (Å²) in [5.74, 6) is 0. The van der Waals surface area contributed by atoms with Crippen LogP contribution in [0, 0.1) is 6.92 Å². The van der Waals surface area contributed by atoms with Crippen LogP contribution in [0.25, 0.3) is 0 Å². The van der Waals surface area contributed by atoms with Crippen LogP contribution in [0.4, 0.5) is 0 Å². The van der Waals surface area contributed by atoms with E-state index < -0.39 is 6.10 Å². The van der Waals surface area contributed by atoms with Crippen LogP contribution < -0.4 is 0 Å². The minimum atomic E-state index is -0.551. The number of thiazole rings is 1. The largest absolute Gasteiger partial charge is 0.381 e. The van der Waals surface area contributed by atoms with Crippen LogP contribution >= 0.6 is 22.7 Å². The minimum absolute atomic E-state index is 0.551. The third-order valence-electron chi connectivity index (χ3n) is 1.76. The molecular weight excluding hydrogens is 202 g/mol. The summed E-state index contributed by atoms with van der Waals surface area (Å²) >= 11 is 3.11. The number of aliphatic hydroxyl groups excluding tert-OH is 1. The second-order valence-corrected chi connectivity index (χ2v) is 4.80. The van der Waals surface area contributed by atoms with E-state index in [9.17, 15) is 5.11 Å². The van der Waals surface area contributed by atoms with Gasteiger partial charge in [0.1, 0.15) is 6.10 Å². The molecule has 2 aromatic heterocycles. The Morgan fingerprint density at radius 2 is 2.31 bits per heavy atom. The molecule has 0 aliphatic rings. The first kappa shape index (κ1) is 8.87. The summed E-state index contributed by atoms with van der Waals surface area (Å²) in [6.45, 7) is 2.03. The average Bonchev–Trinajstić information content (AvgIpc) is 2.72. The van der Waals surface area contributed by atoms with Gasteiger partial charge in [-0.2, -0.15) is 0 Å². The number of hydrogen-bond donors (Lipinski definition) is 1. The molecule has 2 heterocycles. The van der Waals surface area contributed by atoms with Crippen molar-refractivity contribution in [3.8, 4) is 0 Å². The summed E-state index contributed by atoms with van der Waals surface area (Å²) < 4.78 is 0. The Hall–Kier alpha value is -0.710. The molecule has 2 aromatic rings. The summed E-state index contributed by atoms with van der Waals surface area (Å²) in [5, 5.41) is 11.7. The van der Waals surface area contributed by atoms with E-state index >= 15 is 0 Å². The monoisotopic (exact) mass is 211 g/mol. The maximum absolute atomic E-state index is 9.85. The fraction of sp³-hybridized carbons (Fsp3) is 0.222. The lowest BCUT2D eigenvalue weighted by Crippen LogP contribution is -1.96. The summed E-state index contributed by atoms with van der Waals surface area (Å²) in [7, 11) is 0. The van der Waals surface area contributed by atoms with Crippen LogP contribution in [-0.2, 0) is 0 Å². The van der Waals surface area contributed by atoms with Crippen molar-refractivity contribution in [2.24, 2.45) is 0 Å². The molecule has 0 saturated heterocycles. The predicted molar refractivity (Wildman–Crippen MR) is 55.2 cm³/mol. The maximum atomic E-state index is 9.85. The molecule has 0 amide bonds. The van der Waals surface area contributed by atoms with Gasteiger partial charge in [0.25, 0.3) is 0 Å². The first-order valence-electron chi connectivity index (χ1n) is 3.90. The summed E-state index contributed by atoms with van der Waals surface area (Å²) in [6, 6.07) is 3.96. The Kier molecular flexibility index (Phi) is 2.44. The number of rotatable bonds is 2. The Labute approximate surface area is 84.5 Å². The zero-order valence-electron chi connectivity index (χ0n) is 7.10. The third-order valence-corrected chi connectivity index (χ3v) is 3.42. The van der Waals surface area contributed by atoms with Crippen LogP contribution in [-0.4, -0.2) is 10.1 Å². The van der Waals surface area contributed by atoms with Gasteiger partial charge < -0.3 is 5.11 Å². The Morgan fingerprint density at radius 3 is 2.85 bits per heavy atom. The van der Waals surface area contributed by atoms with Crippen molar-refractivity contribution in [2.45, 2.75) is 13.0 Å². The van der Waals surface area contributed by atoms with E-state index in [1.165, 1.54) is 16.2 Å². The highest BCUT2D eigenvalue weighted by Crippen LogP contribution is 2.27. The van der Waals surface area contributed by atoms with Crippen LogP contribution in [0.2, 0.25) is 0 Å². The van der Waals surface area contributed by atoms with Gasteiger partial charge in [-0.3, -0.25) is 0 Å². The molecule has 2 nitrogen and oxygen atoms in total. The first-order valence-corrected chi connectivity index (χ1v) is 5.66. The van der Waals surface area contributed by atoms with Crippen molar-refractivity contribution >= 4 is 22.7 Å². The van der Waals surface area contributed by atoms with Gasteiger partial charge in [-0.25, -0.2) is 4.98 Å².